The second-order valence-electron chi connectivity index (χ2n) is 5.86. The number of ether oxygens (including phenoxy) is 1. The lowest BCUT2D eigenvalue weighted by Gasteiger charge is -2.18. The Morgan fingerprint density at radius 1 is 1.17 bits per heavy atom. The van der Waals surface area contributed by atoms with Crippen LogP contribution in [0.25, 0.3) is 11.1 Å². The Morgan fingerprint density at radius 3 is 2.33 bits per heavy atom. The topological polar surface area (TPSA) is 77.2 Å². The molecule has 7 heteroatoms. The number of rotatable bonds is 5. The third kappa shape index (κ3) is 6.35. The van der Waals surface area contributed by atoms with E-state index in [1.807, 2.05) is 44.2 Å². The van der Waals surface area contributed by atoms with Gasteiger partial charge in [0.25, 0.3) is 5.91 Å². The molecule has 0 atom stereocenters. The van der Waals surface area contributed by atoms with Crippen LogP contribution in [-0.4, -0.2) is 30.1 Å². The molecule has 0 aliphatic rings. The van der Waals surface area contributed by atoms with Crippen LogP contribution < -0.4 is 15.8 Å². The predicted molar refractivity (Wildman–Crippen MR) is 101 cm³/mol. The van der Waals surface area contributed by atoms with Crippen LogP contribution in [0, 0.1) is 0 Å². The maximum atomic E-state index is 12.1. The van der Waals surface area contributed by atoms with Crippen molar-refractivity contribution in [3.8, 4) is 16.9 Å². The molecule has 2 aromatic rings. The van der Waals surface area contributed by atoms with Crippen LogP contribution in [0.1, 0.15) is 24.2 Å². The maximum absolute atomic E-state index is 12.1. The molecule has 0 fully saturated rings. The summed E-state index contributed by atoms with van der Waals surface area (Å²) in [7, 11) is 1.63. The van der Waals surface area contributed by atoms with E-state index in [-0.39, 0.29) is 30.7 Å². The van der Waals surface area contributed by atoms with Crippen molar-refractivity contribution in [2.75, 3.05) is 13.7 Å². The molecule has 1 amide bonds. The van der Waals surface area contributed by atoms with Crippen molar-refractivity contribution < 1.29 is 9.53 Å². The summed E-state index contributed by atoms with van der Waals surface area (Å²) in [4.78, 5) is 16.3. The molecule has 1 aromatic heterocycles. The Labute approximate surface area is 154 Å². The summed E-state index contributed by atoms with van der Waals surface area (Å²) in [5, 5.41) is 2.81. The van der Waals surface area contributed by atoms with Gasteiger partial charge in [0, 0.05) is 30.0 Å². The van der Waals surface area contributed by atoms with Crippen molar-refractivity contribution in [1.29, 1.82) is 0 Å². The number of methoxy groups -OCH3 is 1. The number of pyridine rings is 1. The highest BCUT2D eigenvalue weighted by Gasteiger charge is 2.14. The molecule has 0 unspecified atom stereocenters. The number of carbonyl (C=O) groups is 1. The minimum Gasteiger partial charge on any atom is -0.497 e. The second-order valence-corrected chi connectivity index (χ2v) is 5.86. The molecule has 2 rings (SSSR count). The van der Waals surface area contributed by atoms with Gasteiger partial charge in [-0.3, -0.25) is 9.78 Å². The van der Waals surface area contributed by atoms with Crippen LogP contribution in [0.3, 0.4) is 0 Å². The Morgan fingerprint density at radius 2 is 1.79 bits per heavy atom. The number of halogens is 2. The molecule has 0 aliphatic carbocycles. The summed E-state index contributed by atoms with van der Waals surface area (Å²) in [5.74, 6) is 0.608. The zero-order chi connectivity index (χ0) is 16.2. The third-order valence-electron chi connectivity index (χ3n) is 3.13. The number of carbonyl (C=O) groups excluding carboxylic acids is 1. The first kappa shape index (κ1) is 22.2. The molecule has 5 nitrogen and oxygen atoms in total. The molecule has 1 aromatic carbocycles. The van der Waals surface area contributed by atoms with Crippen LogP contribution >= 0.6 is 24.8 Å². The first-order valence-corrected chi connectivity index (χ1v) is 7.05. The van der Waals surface area contributed by atoms with Gasteiger partial charge < -0.3 is 15.8 Å². The first-order valence-electron chi connectivity index (χ1n) is 7.05. The summed E-state index contributed by atoms with van der Waals surface area (Å²) in [6, 6.07) is 9.42. The van der Waals surface area contributed by atoms with Crippen LogP contribution in [-0.2, 0) is 0 Å². The maximum Gasteiger partial charge on any atom is 0.252 e. The monoisotopic (exact) mass is 371 g/mol. The number of nitrogens with two attached hydrogens (primary N) is 1. The fourth-order valence-corrected chi connectivity index (χ4v) is 1.92. The van der Waals surface area contributed by atoms with E-state index in [9.17, 15) is 4.79 Å². The minimum absolute atomic E-state index is 0. The van der Waals surface area contributed by atoms with Gasteiger partial charge in [0.15, 0.2) is 0 Å². The van der Waals surface area contributed by atoms with Gasteiger partial charge in [0.1, 0.15) is 5.75 Å². The SMILES string of the molecule is COc1ccc(-c2cncc(C(=O)NCC(C)(C)N)c2)cc1.Cl.Cl. The van der Waals surface area contributed by atoms with Crippen LogP contribution in [0.2, 0.25) is 0 Å². The molecule has 0 spiro atoms. The fourth-order valence-electron chi connectivity index (χ4n) is 1.92. The van der Waals surface area contributed by atoms with Gasteiger partial charge in [-0.05, 0) is 37.6 Å². The van der Waals surface area contributed by atoms with E-state index < -0.39 is 5.54 Å². The van der Waals surface area contributed by atoms with E-state index in [0.717, 1.165) is 16.9 Å². The van der Waals surface area contributed by atoms with Gasteiger partial charge in [0.2, 0.25) is 0 Å². The highest BCUT2D eigenvalue weighted by atomic mass is 35.5. The summed E-state index contributed by atoms with van der Waals surface area (Å²) in [5.41, 5.74) is 7.78. The Hall–Kier alpha value is -1.82. The fraction of sp³-hybridized carbons (Fsp3) is 0.294. The van der Waals surface area contributed by atoms with Crippen molar-refractivity contribution in [3.05, 3.63) is 48.3 Å². The molecule has 0 saturated heterocycles. The molecule has 1 heterocycles. The van der Waals surface area contributed by atoms with Gasteiger partial charge >= 0.3 is 0 Å². The molecule has 0 saturated carbocycles. The van der Waals surface area contributed by atoms with Crippen LogP contribution in [0.15, 0.2) is 42.7 Å². The summed E-state index contributed by atoms with van der Waals surface area (Å²) in [6.07, 6.45) is 3.28. The second kappa shape index (κ2) is 9.47. The van der Waals surface area contributed by atoms with Crippen LogP contribution in [0.4, 0.5) is 0 Å². The number of aromatic nitrogens is 1. The van der Waals surface area contributed by atoms with E-state index >= 15 is 0 Å². The quantitative estimate of drug-likeness (QED) is 0.846. The van der Waals surface area contributed by atoms with E-state index in [4.69, 9.17) is 10.5 Å². The highest BCUT2D eigenvalue weighted by molar-refractivity contribution is 5.95. The van der Waals surface area contributed by atoms with Crippen molar-refractivity contribution in [1.82, 2.24) is 10.3 Å². The van der Waals surface area contributed by atoms with Crippen molar-refractivity contribution in [2.45, 2.75) is 19.4 Å². The van der Waals surface area contributed by atoms with E-state index in [0.29, 0.717) is 12.1 Å². The van der Waals surface area contributed by atoms with Crippen molar-refractivity contribution in [3.63, 3.8) is 0 Å². The zero-order valence-electron chi connectivity index (χ0n) is 13.9. The number of nitrogens with one attached hydrogen (secondary N) is 1. The third-order valence-corrected chi connectivity index (χ3v) is 3.13. The predicted octanol–water partition coefficient (Wildman–Crippen LogP) is 3.07. The van der Waals surface area contributed by atoms with Gasteiger partial charge in [-0.1, -0.05) is 12.1 Å². The number of nitrogens with zero attached hydrogens (tertiary/aromatic N) is 1. The summed E-state index contributed by atoms with van der Waals surface area (Å²) in [6.45, 7) is 4.12. The zero-order valence-corrected chi connectivity index (χ0v) is 15.5. The van der Waals surface area contributed by atoms with Gasteiger partial charge in [-0.25, -0.2) is 0 Å². The molecular weight excluding hydrogens is 349 g/mol. The molecule has 0 aliphatic heterocycles. The Balaban J connectivity index is 0.00000264. The molecular formula is C17H23Cl2N3O2. The lowest BCUT2D eigenvalue weighted by atomic mass is 10.0. The summed E-state index contributed by atoms with van der Waals surface area (Å²) >= 11 is 0. The number of amides is 1. The van der Waals surface area contributed by atoms with Gasteiger partial charge in [-0.2, -0.15) is 0 Å². The molecule has 24 heavy (non-hydrogen) atoms. The Bertz CT molecular complexity index is 656. The van der Waals surface area contributed by atoms with E-state index in [1.54, 1.807) is 19.5 Å². The normalized spacial score (nSPS) is 10.2. The minimum atomic E-state index is -0.448. The van der Waals surface area contributed by atoms with Gasteiger partial charge in [-0.15, -0.1) is 24.8 Å². The molecule has 3 N–H and O–H groups in total. The molecule has 0 radical (unpaired) electrons. The van der Waals surface area contributed by atoms with E-state index in [1.165, 1.54) is 0 Å². The lowest BCUT2D eigenvalue weighted by molar-refractivity contribution is 0.0945. The smallest absolute Gasteiger partial charge is 0.252 e. The standard InChI is InChI=1S/C17H21N3O2.2ClH/c1-17(2,18)11-20-16(21)14-8-13(9-19-10-14)12-4-6-15(22-3)7-5-12;;/h4-10H,11,18H2,1-3H3,(H,20,21);2*1H. The van der Waals surface area contributed by atoms with E-state index in [2.05, 4.69) is 10.3 Å². The molecule has 0 bridgehead atoms. The Kier molecular flexibility index (Phi) is 8.75. The lowest BCUT2D eigenvalue weighted by Crippen LogP contribution is -2.45. The largest absolute Gasteiger partial charge is 0.497 e. The number of hydrogen-bond acceptors (Lipinski definition) is 4. The van der Waals surface area contributed by atoms with Crippen molar-refractivity contribution in [2.24, 2.45) is 5.73 Å². The number of benzene rings is 1. The van der Waals surface area contributed by atoms with Crippen LogP contribution in [0.5, 0.6) is 5.75 Å². The average Bonchev–Trinajstić information content (AvgIpc) is 2.52. The first-order chi connectivity index (χ1) is 10.4. The highest BCUT2D eigenvalue weighted by Crippen LogP contribution is 2.22. The molecule has 132 valence electrons. The summed E-state index contributed by atoms with van der Waals surface area (Å²) < 4.78 is 5.14. The van der Waals surface area contributed by atoms with Gasteiger partial charge in [0.05, 0.1) is 12.7 Å². The number of hydrogen-bond donors (Lipinski definition) is 2. The average molecular weight is 372 g/mol. The van der Waals surface area contributed by atoms with Crippen molar-refractivity contribution >= 4 is 30.7 Å².